The molecule has 0 aliphatic rings. The normalized spacial score (nSPS) is 11.9. The molecule has 0 radical (unpaired) electrons. The van der Waals surface area contributed by atoms with Gasteiger partial charge in [-0.3, -0.25) is 4.79 Å². The Morgan fingerprint density at radius 1 is 1.33 bits per heavy atom. The molecule has 24 heavy (non-hydrogen) atoms. The van der Waals surface area contributed by atoms with Gasteiger partial charge in [0.1, 0.15) is 11.3 Å². The van der Waals surface area contributed by atoms with Gasteiger partial charge in [0.05, 0.1) is 11.7 Å². The first-order valence-corrected chi connectivity index (χ1v) is 7.89. The number of carbonyl (C=O) groups excluding carboxylic acids is 2. The highest BCUT2D eigenvalue weighted by Gasteiger charge is 2.20. The Balaban J connectivity index is 1.92. The Hall–Kier alpha value is -2.05. The lowest BCUT2D eigenvalue weighted by Gasteiger charge is -2.16. The fourth-order valence-electron chi connectivity index (χ4n) is 2.19. The van der Waals surface area contributed by atoms with Crippen molar-refractivity contribution in [3.8, 4) is 0 Å². The quantitative estimate of drug-likeness (QED) is 0.812. The molecule has 1 heterocycles. The summed E-state index contributed by atoms with van der Waals surface area (Å²) >= 11 is 11.9. The van der Waals surface area contributed by atoms with Crippen LogP contribution in [0, 0.1) is 13.8 Å². The summed E-state index contributed by atoms with van der Waals surface area (Å²) in [5.74, 6) is -0.758. The summed E-state index contributed by atoms with van der Waals surface area (Å²) in [4.78, 5) is 23.9. The van der Waals surface area contributed by atoms with E-state index in [0.29, 0.717) is 27.1 Å². The second kappa shape index (κ2) is 7.68. The van der Waals surface area contributed by atoms with Gasteiger partial charge in [0, 0.05) is 10.0 Å². The molecule has 0 spiro atoms. The van der Waals surface area contributed by atoms with Gasteiger partial charge in [-0.1, -0.05) is 34.4 Å². The molecule has 6 nitrogen and oxygen atoms in total. The van der Waals surface area contributed by atoms with Crippen LogP contribution in [0.4, 0.5) is 0 Å². The molecule has 8 heteroatoms. The molecule has 0 aliphatic heterocycles. The van der Waals surface area contributed by atoms with Crippen LogP contribution < -0.4 is 5.32 Å². The minimum absolute atomic E-state index is 0.233. The van der Waals surface area contributed by atoms with E-state index in [1.165, 1.54) is 0 Å². The smallest absolute Gasteiger partial charge is 0.344 e. The predicted octanol–water partition coefficient (Wildman–Crippen LogP) is 3.63. The molecule has 2 aromatic rings. The second-order valence-corrected chi connectivity index (χ2v) is 6.07. The molecule has 1 aromatic heterocycles. The third-order valence-electron chi connectivity index (χ3n) is 3.38. The molecule has 2 rings (SSSR count). The monoisotopic (exact) mass is 370 g/mol. The van der Waals surface area contributed by atoms with Crippen LogP contribution in [0.5, 0.6) is 0 Å². The number of hydrogen-bond acceptors (Lipinski definition) is 5. The number of benzene rings is 1. The van der Waals surface area contributed by atoms with E-state index in [0.717, 1.165) is 0 Å². The molecule has 0 unspecified atom stereocenters. The number of nitrogens with zero attached hydrogens (tertiary/aromatic N) is 1. The molecule has 1 aromatic carbocycles. The maximum atomic E-state index is 12.0. The van der Waals surface area contributed by atoms with Crippen molar-refractivity contribution in [3.63, 3.8) is 0 Å². The summed E-state index contributed by atoms with van der Waals surface area (Å²) in [7, 11) is 0. The first-order valence-electron chi connectivity index (χ1n) is 7.14. The molecule has 0 aliphatic carbocycles. The zero-order chi connectivity index (χ0) is 17.9. The van der Waals surface area contributed by atoms with E-state index in [9.17, 15) is 9.59 Å². The highest BCUT2D eigenvalue weighted by molar-refractivity contribution is 6.35. The Labute approximate surface area is 149 Å². The number of ether oxygens (including phenoxy) is 1. The molecule has 0 saturated heterocycles. The minimum Gasteiger partial charge on any atom is -0.452 e. The molecule has 0 bridgehead atoms. The summed E-state index contributed by atoms with van der Waals surface area (Å²) in [6.07, 6.45) is 0. The third kappa shape index (κ3) is 4.27. The Morgan fingerprint density at radius 3 is 2.62 bits per heavy atom. The van der Waals surface area contributed by atoms with Crippen LogP contribution in [0.3, 0.4) is 0 Å². The molecule has 128 valence electrons. The average Bonchev–Trinajstić information content (AvgIpc) is 2.83. The van der Waals surface area contributed by atoms with Crippen LogP contribution in [-0.4, -0.2) is 23.6 Å². The van der Waals surface area contributed by atoms with Gasteiger partial charge < -0.3 is 14.6 Å². The summed E-state index contributed by atoms with van der Waals surface area (Å²) in [5.41, 5.74) is 1.36. The van der Waals surface area contributed by atoms with Crippen molar-refractivity contribution in [2.45, 2.75) is 26.8 Å². The van der Waals surface area contributed by atoms with Crippen molar-refractivity contribution in [3.05, 3.63) is 50.8 Å². The van der Waals surface area contributed by atoms with Crippen molar-refractivity contribution in [2.24, 2.45) is 0 Å². The number of rotatable bonds is 5. The first-order chi connectivity index (χ1) is 11.3. The van der Waals surface area contributed by atoms with E-state index in [1.807, 2.05) is 0 Å². The summed E-state index contributed by atoms with van der Waals surface area (Å²) in [5, 5.41) is 7.33. The molecule has 1 amide bonds. The Morgan fingerprint density at radius 2 is 2.04 bits per heavy atom. The Kier molecular flexibility index (Phi) is 5.85. The Bertz CT molecular complexity index is 754. The third-order valence-corrected chi connectivity index (χ3v) is 3.94. The standard InChI is InChI=1S/C16H16Cl2N2O4/c1-8(12-5-4-11(17)6-13(12)18)19-14(21)7-23-16(22)15-9(2)20-24-10(15)3/h4-6,8H,7H2,1-3H3,(H,19,21)/t8-/m1/s1. The maximum absolute atomic E-state index is 12.0. The molecule has 0 saturated carbocycles. The van der Waals surface area contributed by atoms with Crippen LogP contribution >= 0.6 is 23.2 Å². The average molecular weight is 371 g/mol. The van der Waals surface area contributed by atoms with Crippen LogP contribution in [0.25, 0.3) is 0 Å². The highest BCUT2D eigenvalue weighted by atomic mass is 35.5. The van der Waals surface area contributed by atoms with Crippen molar-refractivity contribution >= 4 is 35.1 Å². The fraction of sp³-hybridized carbons (Fsp3) is 0.312. The number of aromatic nitrogens is 1. The van der Waals surface area contributed by atoms with Gasteiger partial charge in [-0.2, -0.15) is 0 Å². The van der Waals surface area contributed by atoms with E-state index >= 15 is 0 Å². The lowest BCUT2D eigenvalue weighted by atomic mass is 10.1. The number of hydrogen-bond donors (Lipinski definition) is 1. The van der Waals surface area contributed by atoms with E-state index in [1.54, 1.807) is 39.0 Å². The van der Waals surface area contributed by atoms with Crippen LogP contribution in [-0.2, 0) is 9.53 Å². The highest BCUT2D eigenvalue weighted by Crippen LogP contribution is 2.26. The predicted molar refractivity (Wildman–Crippen MR) is 89.3 cm³/mol. The van der Waals surface area contributed by atoms with E-state index < -0.39 is 18.5 Å². The molecule has 0 fully saturated rings. The van der Waals surface area contributed by atoms with Gasteiger partial charge in [-0.15, -0.1) is 0 Å². The van der Waals surface area contributed by atoms with Crippen LogP contribution in [0.15, 0.2) is 22.7 Å². The number of halogens is 2. The topological polar surface area (TPSA) is 81.4 Å². The lowest BCUT2D eigenvalue weighted by Crippen LogP contribution is -2.31. The van der Waals surface area contributed by atoms with Gasteiger partial charge in [-0.05, 0) is 38.5 Å². The number of amides is 1. The van der Waals surface area contributed by atoms with Gasteiger partial charge in [-0.25, -0.2) is 4.79 Å². The number of aryl methyl sites for hydroxylation is 2. The summed E-state index contributed by atoms with van der Waals surface area (Å²) in [6, 6.07) is 4.65. The van der Waals surface area contributed by atoms with Crippen molar-refractivity contribution in [1.82, 2.24) is 10.5 Å². The molecular weight excluding hydrogens is 355 g/mol. The largest absolute Gasteiger partial charge is 0.452 e. The number of carbonyl (C=O) groups is 2. The zero-order valence-electron chi connectivity index (χ0n) is 13.4. The summed E-state index contributed by atoms with van der Waals surface area (Å²) in [6.45, 7) is 4.57. The fourth-order valence-corrected chi connectivity index (χ4v) is 2.76. The molecule has 1 atom stereocenters. The first kappa shape index (κ1) is 18.3. The number of nitrogens with one attached hydrogen (secondary N) is 1. The van der Waals surface area contributed by atoms with Gasteiger partial charge in [0.2, 0.25) is 0 Å². The summed E-state index contributed by atoms with van der Waals surface area (Å²) < 4.78 is 9.88. The van der Waals surface area contributed by atoms with E-state index in [-0.39, 0.29) is 11.6 Å². The van der Waals surface area contributed by atoms with Crippen LogP contribution in [0.1, 0.15) is 40.3 Å². The number of esters is 1. The van der Waals surface area contributed by atoms with Crippen LogP contribution in [0.2, 0.25) is 10.0 Å². The maximum Gasteiger partial charge on any atom is 0.344 e. The second-order valence-electron chi connectivity index (χ2n) is 5.23. The van der Waals surface area contributed by atoms with Crippen molar-refractivity contribution in [2.75, 3.05) is 6.61 Å². The zero-order valence-corrected chi connectivity index (χ0v) is 14.9. The van der Waals surface area contributed by atoms with E-state index in [4.69, 9.17) is 32.5 Å². The molecular formula is C16H16Cl2N2O4. The van der Waals surface area contributed by atoms with Crippen molar-refractivity contribution < 1.29 is 18.8 Å². The van der Waals surface area contributed by atoms with Gasteiger partial charge >= 0.3 is 5.97 Å². The molecule has 1 N–H and O–H groups in total. The SMILES string of the molecule is Cc1noc(C)c1C(=O)OCC(=O)N[C@H](C)c1ccc(Cl)cc1Cl. The van der Waals surface area contributed by atoms with Gasteiger partial charge in [0.25, 0.3) is 5.91 Å². The van der Waals surface area contributed by atoms with Crippen molar-refractivity contribution in [1.29, 1.82) is 0 Å². The van der Waals surface area contributed by atoms with E-state index in [2.05, 4.69) is 10.5 Å². The van der Waals surface area contributed by atoms with Gasteiger partial charge in [0.15, 0.2) is 6.61 Å². The lowest BCUT2D eigenvalue weighted by molar-refractivity contribution is -0.124. The minimum atomic E-state index is -0.654.